The minimum Gasteiger partial charge on any atom is -0.386 e. The molecule has 0 saturated heterocycles. The van der Waals surface area contributed by atoms with Crippen LogP contribution in [0.25, 0.3) is 0 Å². The van der Waals surface area contributed by atoms with Gasteiger partial charge in [0.25, 0.3) is 0 Å². The highest BCUT2D eigenvalue weighted by atomic mass is 16.3. The van der Waals surface area contributed by atoms with Crippen LogP contribution in [0.5, 0.6) is 0 Å². The van der Waals surface area contributed by atoms with E-state index >= 15 is 0 Å². The fraction of sp³-hybridized carbons (Fsp3) is 0.615. The second kappa shape index (κ2) is 3.60. The first-order valence-corrected chi connectivity index (χ1v) is 5.33. The predicted octanol–water partition coefficient (Wildman–Crippen LogP) is 2.91. The lowest BCUT2D eigenvalue weighted by molar-refractivity contribution is 0.0774. The van der Waals surface area contributed by atoms with Crippen LogP contribution in [0, 0.1) is 6.92 Å². The van der Waals surface area contributed by atoms with Gasteiger partial charge in [0.05, 0.1) is 5.60 Å². The summed E-state index contributed by atoms with van der Waals surface area (Å²) in [5.41, 5.74) is 2.12. The Morgan fingerprint density at radius 2 is 1.60 bits per heavy atom. The molecule has 0 aliphatic rings. The number of pyridine rings is 1. The number of aryl methyl sites for hydroxylation is 1. The maximum Gasteiger partial charge on any atom is 0.0857 e. The van der Waals surface area contributed by atoms with Crippen molar-refractivity contribution in [2.45, 2.75) is 52.6 Å². The molecule has 1 N–H and O–H groups in total. The zero-order valence-electron chi connectivity index (χ0n) is 10.5. The summed E-state index contributed by atoms with van der Waals surface area (Å²) in [6.45, 7) is 11.9. The number of hydrogen-bond donors (Lipinski definition) is 1. The minimum atomic E-state index is -0.812. The average Bonchev–Trinajstić information content (AvgIpc) is 1.99. The molecule has 2 heteroatoms. The van der Waals surface area contributed by atoms with E-state index in [1.165, 1.54) is 0 Å². The van der Waals surface area contributed by atoms with Crippen LogP contribution in [0.4, 0.5) is 0 Å². The normalized spacial score (nSPS) is 13.0. The molecule has 1 aromatic rings. The first-order valence-electron chi connectivity index (χ1n) is 5.33. The molecule has 84 valence electrons. The van der Waals surface area contributed by atoms with Gasteiger partial charge in [-0.1, -0.05) is 26.8 Å². The largest absolute Gasteiger partial charge is 0.386 e. The third kappa shape index (κ3) is 2.78. The average molecular weight is 207 g/mol. The zero-order valence-corrected chi connectivity index (χ0v) is 10.5. The van der Waals surface area contributed by atoms with Gasteiger partial charge in [0.2, 0.25) is 0 Å². The summed E-state index contributed by atoms with van der Waals surface area (Å²) in [7, 11) is 0. The number of aliphatic hydroxyl groups is 1. The second-order valence-electron chi connectivity index (χ2n) is 5.64. The number of aromatic nitrogens is 1. The van der Waals surface area contributed by atoms with Gasteiger partial charge in [0.1, 0.15) is 0 Å². The molecule has 0 unspecified atom stereocenters. The smallest absolute Gasteiger partial charge is 0.0857 e. The van der Waals surface area contributed by atoms with Crippen molar-refractivity contribution >= 4 is 0 Å². The Labute approximate surface area is 92.4 Å². The third-order valence-electron chi connectivity index (χ3n) is 2.51. The molecule has 1 heterocycles. The van der Waals surface area contributed by atoms with E-state index < -0.39 is 5.60 Å². The Kier molecular flexibility index (Phi) is 2.92. The van der Waals surface area contributed by atoms with E-state index in [0.717, 1.165) is 17.0 Å². The lowest BCUT2D eigenvalue weighted by Crippen LogP contribution is -2.20. The standard InChI is InChI=1S/C13H21NO/c1-9-10(13(5,6)15)7-8-11(14-9)12(2,3)4/h7-8,15H,1-6H3. The fourth-order valence-electron chi connectivity index (χ4n) is 1.63. The van der Waals surface area contributed by atoms with Gasteiger partial charge in [-0.25, -0.2) is 0 Å². The molecule has 0 bridgehead atoms. The van der Waals surface area contributed by atoms with E-state index in [9.17, 15) is 5.11 Å². The van der Waals surface area contributed by atoms with E-state index in [4.69, 9.17) is 0 Å². The molecule has 1 rings (SSSR count). The number of hydrogen-bond acceptors (Lipinski definition) is 2. The molecule has 0 aliphatic carbocycles. The molecule has 0 amide bonds. The monoisotopic (exact) mass is 207 g/mol. The second-order valence-corrected chi connectivity index (χ2v) is 5.64. The third-order valence-corrected chi connectivity index (χ3v) is 2.51. The summed E-state index contributed by atoms with van der Waals surface area (Å²) in [6, 6.07) is 3.98. The predicted molar refractivity (Wildman–Crippen MR) is 62.9 cm³/mol. The van der Waals surface area contributed by atoms with Crippen LogP contribution in [0.15, 0.2) is 12.1 Å². The van der Waals surface area contributed by atoms with Gasteiger partial charge in [0, 0.05) is 22.4 Å². The van der Waals surface area contributed by atoms with Crippen LogP contribution in [0.3, 0.4) is 0 Å². The first-order chi connectivity index (χ1) is 6.62. The Hall–Kier alpha value is -0.890. The molecule has 0 spiro atoms. The van der Waals surface area contributed by atoms with Gasteiger partial charge >= 0.3 is 0 Å². The van der Waals surface area contributed by atoms with Crippen molar-refractivity contribution in [2.24, 2.45) is 0 Å². The fourth-order valence-corrected chi connectivity index (χ4v) is 1.63. The quantitative estimate of drug-likeness (QED) is 0.768. The molecule has 15 heavy (non-hydrogen) atoms. The maximum atomic E-state index is 9.92. The summed E-state index contributed by atoms with van der Waals surface area (Å²) in [4.78, 5) is 4.55. The van der Waals surface area contributed by atoms with Gasteiger partial charge in [-0.05, 0) is 26.8 Å². The molecule has 0 saturated carbocycles. The van der Waals surface area contributed by atoms with Crippen molar-refractivity contribution in [3.63, 3.8) is 0 Å². The zero-order chi connectivity index (χ0) is 11.9. The summed E-state index contributed by atoms with van der Waals surface area (Å²) < 4.78 is 0. The Bertz CT molecular complexity index is 356. The highest BCUT2D eigenvalue weighted by molar-refractivity contribution is 5.29. The topological polar surface area (TPSA) is 33.1 Å². The van der Waals surface area contributed by atoms with E-state index in [-0.39, 0.29) is 5.41 Å². The highest BCUT2D eigenvalue weighted by Gasteiger charge is 2.22. The van der Waals surface area contributed by atoms with Crippen LogP contribution in [0.2, 0.25) is 0 Å². The summed E-state index contributed by atoms with van der Waals surface area (Å²) in [5.74, 6) is 0. The number of rotatable bonds is 1. The number of nitrogens with zero attached hydrogens (tertiary/aromatic N) is 1. The van der Waals surface area contributed by atoms with Gasteiger partial charge in [0.15, 0.2) is 0 Å². The highest BCUT2D eigenvalue weighted by Crippen LogP contribution is 2.26. The maximum absolute atomic E-state index is 9.92. The van der Waals surface area contributed by atoms with Gasteiger partial charge in [-0.2, -0.15) is 0 Å². The van der Waals surface area contributed by atoms with Crippen LogP contribution in [-0.4, -0.2) is 10.1 Å². The van der Waals surface area contributed by atoms with Crippen LogP contribution in [0.1, 0.15) is 51.6 Å². The van der Waals surface area contributed by atoms with Crippen LogP contribution in [-0.2, 0) is 11.0 Å². The molecule has 0 fully saturated rings. The van der Waals surface area contributed by atoms with E-state index in [1.807, 2.05) is 19.1 Å². The van der Waals surface area contributed by atoms with Gasteiger partial charge in [-0.3, -0.25) is 4.98 Å². The minimum absolute atomic E-state index is 0.0584. The van der Waals surface area contributed by atoms with Crippen molar-refractivity contribution in [2.75, 3.05) is 0 Å². The molecule has 0 atom stereocenters. The molecule has 0 aliphatic heterocycles. The lowest BCUT2D eigenvalue weighted by Gasteiger charge is -2.23. The lowest BCUT2D eigenvalue weighted by atomic mass is 9.89. The summed E-state index contributed by atoms with van der Waals surface area (Å²) >= 11 is 0. The Morgan fingerprint density at radius 3 is 1.93 bits per heavy atom. The van der Waals surface area contributed by atoms with E-state index in [1.54, 1.807) is 13.8 Å². The summed E-state index contributed by atoms with van der Waals surface area (Å²) in [5, 5.41) is 9.92. The molecular formula is C13H21NO. The van der Waals surface area contributed by atoms with Gasteiger partial charge in [-0.15, -0.1) is 0 Å². The van der Waals surface area contributed by atoms with Crippen molar-refractivity contribution in [3.8, 4) is 0 Å². The SMILES string of the molecule is Cc1nc(C(C)(C)C)ccc1C(C)(C)O. The molecule has 1 aromatic heterocycles. The summed E-state index contributed by atoms with van der Waals surface area (Å²) in [6.07, 6.45) is 0. The van der Waals surface area contributed by atoms with Crippen molar-refractivity contribution in [1.82, 2.24) is 4.98 Å². The van der Waals surface area contributed by atoms with Crippen LogP contribution >= 0.6 is 0 Å². The molecular weight excluding hydrogens is 186 g/mol. The van der Waals surface area contributed by atoms with E-state index in [2.05, 4.69) is 25.8 Å². The Morgan fingerprint density at radius 1 is 1.07 bits per heavy atom. The van der Waals surface area contributed by atoms with Crippen LogP contribution < -0.4 is 0 Å². The molecule has 0 radical (unpaired) electrons. The van der Waals surface area contributed by atoms with Crippen molar-refractivity contribution < 1.29 is 5.11 Å². The van der Waals surface area contributed by atoms with Crippen molar-refractivity contribution in [3.05, 3.63) is 29.1 Å². The Balaban J connectivity index is 3.21. The first kappa shape index (κ1) is 12.2. The van der Waals surface area contributed by atoms with E-state index in [0.29, 0.717) is 0 Å². The van der Waals surface area contributed by atoms with Crippen molar-refractivity contribution in [1.29, 1.82) is 0 Å². The molecule has 2 nitrogen and oxygen atoms in total. The molecule has 0 aromatic carbocycles. The van der Waals surface area contributed by atoms with Gasteiger partial charge < -0.3 is 5.11 Å².